The zero-order chi connectivity index (χ0) is 29.6. The summed E-state index contributed by atoms with van der Waals surface area (Å²) in [7, 11) is -4.15. The van der Waals surface area contributed by atoms with Gasteiger partial charge in [-0.2, -0.15) is 0 Å². The minimum absolute atomic E-state index is 0.0226. The fourth-order valence-electron chi connectivity index (χ4n) is 5.35. The molecule has 9 heteroatoms. The summed E-state index contributed by atoms with van der Waals surface area (Å²) in [6.45, 7) is 5.36. The van der Waals surface area contributed by atoms with E-state index in [9.17, 15) is 18.0 Å². The molecule has 2 amide bonds. The summed E-state index contributed by atoms with van der Waals surface area (Å²) >= 11 is 6.03. The molecule has 4 rings (SSSR count). The van der Waals surface area contributed by atoms with Gasteiger partial charge in [0.2, 0.25) is 11.8 Å². The largest absolute Gasteiger partial charge is 0.352 e. The second-order valence-electron chi connectivity index (χ2n) is 10.6. The van der Waals surface area contributed by atoms with Crippen LogP contribution in [0, 0.1) is 13.8 Å². The summed E-state index contributed by atoms with van der Waals surface area (Å²) in [6.07, 6.45) is 4.39. The minimum Gasteiger partial charge on any atom is -0.352 e. The Hall–Kier alpha value is -3.36. The van der Waals surface area contributed by atoms with Crippen LogP contribution in [0.25, 0.3) is 0 Å². The van der Waals surface area contributed by atoms with Crippen LogP contribution in [0.15, 0.2) is 77.7 Å². The lowest BCUT2D eigenvalue weighted by atomic mass is 10.1. The predicted molar refractivity (Wildman–Crippen MR) is 163 cm³/mol. The number of rotatable bonds is 11. The molecule has 1 saturated carbocycles. The van der Waals surface area contributed by atoms with E-state index in [1.165, 1.54) is 29.2 Å². The first-order valence-electron chi connectivity index (χ1n) is 14.1. The third-order valence-corrected chi connectivity index (χ3v) is 9.78. The number of sulfonamides is 1. The smallest absolute Gasteiger partial charge is 0.264 e. The van der Waals surface area contributed by atoms with E-state index in [1.54, 1.807) is 25.1 Å². The molecule has 3 aromatic rings. The SMILES string of the molecule is CCC(C(=O)NC1CCCC1)N(Cc1ccccc1C)C(=O)CN(c1ccccc1C)S(=O)(=O)c1ccc(Cl)cc1. The number of anilines is 1. The van der Waals surface area contributed by atoms with Crippen molar-refractivity contribution in [2.45, 2.75) is 76.4 Å². The molecule has 1 unspecified atom stereocenters. The molecule has 3 aromatic carbocycles. The topological polar surface area (TPSA) is 86.8 Å². The van der Waals surface area contributed by atoms with Gasteiger partial charge in [0.25, 0.3) is 10.0 Å². The van der Waals surface area contributed by atoms with E-state index >= 15 is 0 Å². The molecule has 41 heavy (non-hydrogen) atoms. The summed E-state index contributed by atoms with van der Waals surface area (Å²) in [5.74, 6) is -0.660. The highest BCUT2D eigenvalue weighted by Gasteiger charge is 2.35. The van der Waals surface area contributed by atoms with Crippen molar-refractivity contribution in [1.29, 1.82) is 0 Å². The van der Waals surface area contributed by atoms with Crippen LogP contribution >= 0.6 is 11.6 Å². The van der Waals surface area contributed by atoms with Gasteiger partial charge in [0.05, 0.1) is 10.6 Å². The number of amides is 2. The Morgan fingerprint density at radius 1 is 0.927 bits per heavy atom. The van der Waals surface area contributed by atoms with Gasteiger partial charge >= 0.3 is 0 Å². The molecule has 1 aliphatic carbocycles. The first kappa shape index (κ1) is 30.6. The molecule has 218 valence electrons. The van der Waals surface area contributed by atoms with Crippen molar-refractivity contribution in [3.63, 3.8) is 0 Å². The third kappa shape index (κ3) is 7.29. The zero-order valence-corrected chi connectivity index (χ0v) is 25.4. The van der Waals surface area contributed by atoms with Gasteiger partial charge < -0.3 is 10.2 Å². The van der Waals surface area contributed by atoms with Crippen molar-refractivity contribution in [1.82, 2.24) is 10.2 Å². The van der Waals surface area contributed by atoms with Crippen LogP contribution in [0.2, 0.25) is 5.02 Å². The number of hydrogen-bond acceptors (Lipinski definition) is 4. The molecule has 0 spiro atoms. The maximum atomic E-state index is 14.2. The van der Waals surface area contributed by atoms with Crippen LogP contribution < -0.4 is 9.62 Å². The minimum atomic E-state index is -4.15. The van der Waals surface area contributed by atoms with Crippen molar-refractivity contribution >= 4 is 39.1 Å². The van der Waals surface area contributed by atoms with E-state index in [2.05, 4.69) is 5.32 Å². The zero-order valence-electron chi connectivity index (χ0n) is 23.8. The lowest BCUT2D eigenvalue weighted by Gasteiger charge is -2.34. The fourth-order valence-corrected chi connectivity index (χ4v) is 6.95. The van der Waals surface area contributed by atoms with E-state index in [0.717, 1.165) is 41.1 Å². The van der Waals surface area contributed by atoms with Gasteiger partial charge in [0.15, 0.2) is 0 Å². The number of halogens is 1. The normalized spacial score (nSPS) is 14.4. The van der Waals surface area contributed by atoms with Gasteiger partial charge in [-0.3, -0.25) is 13.9 Å². The van der Waals surface area contributed by atoms with Crippen LogP contribution in [0.1, 0.15) is 55.7 Å². The summed E-state index contributed by atoms with van der Waals surface area (Å²) in [5, 5.41) is 3.55. The summed E-state index contributed by atoms with van der Waals surface area (Å²) < 4.78 is 29.1. The van der Waals surface area contributed by atoms with Gasteiger partial charge in [0.1, 0.15) is 12.6 Å². The highest BCUT2D eigenvalue weighted by Crippen LogP contribution is 2.28. The van der Waals surface area contributed by atoms with E-state index in [-0.39, 0.29) is 23.4 Å². The number of hydrogen-bond donors (Lipinski definition) is 1. The molecule has 1 fully saturated rings. The summed E-state index contributed by atoms with van der Waals surface area (Å²) in [6, 6.07) is 20.0. The van der Waals surface area contributed by atoms with Crippen LogP contribution in [-0.2, 0) is 26.2 Å². The molecule has 0 radical (unpaired) electrons. The van der Waals surface area contributed by atoms with Crippen molar-refractivity contribution in [2.24, 2.45) is 0 Å². The van der Waals surface area contributed by atoms with Crippen molar-refractivity contribution in [3.8, 4) is 0 Å². The molecule has 7 nitrogen and oxygen atoms in total. The van der Waals surface area contributed by atoms with E-state index in [0.29, 0.717) is 22.7 Å². The second kappa shape index (κ2) is 13.5. The Labute approximate surface area is 248 Å². The number of aryl methyl sites for hydroxylation is 2. The number of benzene rings is 3. The number of nitrogens with zero attached hydrogens (tertiary/aromatic N) is 2. The molecule has 1 aliphatic rings. The number of carbonyl (C=O) groups excluding carboxylic acids is 2. The Kier molecular flexibility index (Phi) is 10.1. The Morgan fingerprint density at radius 3 is 2.15 bits per heavy atom. The number of nitrogens with one attached hydrogen (secondary N) is 1. The highest BCUT2D eigenvalue weighted by atomic mass is 35.5. The maximum Gasteiger partial charge on any atom is 0.264 e. The van der Waals surface area contributed by atoms with Gasteiger partial charge in [-0.25, -0.2) is 8.42 Å². The lowest BCUT2D eigenvalue weighted by Crippen LogP contribution is -2.53. The Bertz CT molecular complexity index is 1470. The number of carbonyl (C=O) groups is 2. The first-order chi connectivity index (χ1) is 19.6. The first-order valence-corrected chi connectivity index (χ1v) is 15.9. The third-order valence-electron chi connectivity index (χ3n) is 7.75. The average Bonchev–Trinajstić information content (AvgIpc) is 3.46. The summed E-state index contributed by atoms with van der Waals surface area (Å²) in [4.78, 5) is 29.4. The monoisotopic (exact) mass is 595 g/mol. The Balaban J connectivity index is 1.73. The van der Waals surface area contributed by atoms with Gasteiger partial charge in [-0.1, -0.05) is 73.8 Å². The molecule has 0 heterocycles. The van der Waals surface area contributed by atoms with Crippen LogP contribution in [-0.4, -0.2) is 43.8 Å². The quantitative estimate of drug-likeness (QED) is 0.294. The van der Waals surface area contributed by atoms with Crippen LogP contribution in [0.4, 0.5) is 5.69 Å². The van der Waals surface area contributed by atoms with Crippen LogP contribution in [0.5, 0.6) is 0 Å². The molecule has 1 atom stereocenters. The Morgan fingerprint density at radius 2 is 1.54 bits per heavy atom. The van der Waals surface area contributed by atoms with Gasteiger partial charge in [-0.05, 0) is 80.1 Å². The maximum absolute atomic E-state index is 14.2. The molecule has 0 bridgehead atoms. The predicted octanol–water partition coefficient (Wildman–Crippen LogP) is 6.02. The van der Waals surface area contributed by atoms with E-state index < -0.39 is 28.5 Å². The summed E-state index contributed by atoms with van der Waals surface area (Å²) in [5.41, 5.74) is 2.99. The van der Waals surface area contributed by atoms with Gasteiger partial charge in [-0.15, -0.1) is 0 Å². The van der Waals surface area contributed by atoms with Crippen molar-refractivity contribution in [2.75, 3.05) is 10.8 Å². The molecule has 0 saturated heterocycles. The van der Waals surface area contributed by atoms with E-state index in [4.69, 9.17) is 11.6 Å². The van der Waals surface area contributed by atoms with Crippen molar-refractivity contribution in [3.05, 3.63) is 94.5 Å². The molecular formula is C32H38ClN3O4S. The van der Waals surface area contributed by atoms with Crippen LogP contribution in [0.3, 0.4) is 0 Å². The molecular weight excluding hydrogens is 558 g/mol. The standard InChI is InChI=1S/C32H38ClN3O4S/c1-4-29(32(38)34-27-14-8-9-15-27)35(21-25-13-7-5-11-23(25)2)31(37)22-36(30-16-10-6-12-24(30)3)41(39,40)28-19-17-26(33)18-20-28/h5-7,10-13,16-20,27,29H,4,8-9,14-15,21-22H2,1-3H3,(H,34,38). The van der Waals surface area contributed by atoms with E-state index in [1.807, 2.05) is 44.2 Å². The second-order valence-corrected chi connectivity index (χ2v) is 12.9. The molecule has 0 aliphatic heterocycles. The molecule has 0 aromatic heterocycles. The lowest BCUT2D eigenvalue weighted by molar-refractivity contribution is -0.140. The highest BCUT2D eigenvalue weighted by molar-refractivity contribution is 7.92. The molecule has 1 N–H and O–H groups in total. The average molecular weight is 596 g/mol. The van der Waals surface area contributed by atoms with Crippen molar-refractivity contribution < 1.29 is 18.0 Å². The van der Waals surface area contributed by atoms with Gasteiger partial charge in [0, 0.05) is 17.6 Å². The fraction of sp³-hybridized carbons (Fsp3) is 0.375. The number of para-hydroxylation sites is 1.